The molecule has 0 aliphatic heterocycles. The van der Waals surface area contributed by atoms with Crippen molar-refractivity contribution in [3.8, 4) is 17.2 Å². The van der Waals surface area contributed by atoms with Gasteiger partial charge in [0.25, 0.3) is 0 Å². The summed E-state index contributed by atoms with van der Waals surface area (Å²) in [6, 6.07) is 9.26. The number of rotatable bonds is 7. The molecule has 0 saturated heterocycles. The molecular formula is C17H19Cl2NO3. The van der Waals surface area contributed by atoms with Gasteiger partial charge < -0.3 is 19.5 Å². The maximum Gasteiger partial charge on any atom is 0.203 e. The largest absolute Gasteiger partial charge is 0.493 e. The molecule has 23 heavy (non-hydrogen) atoms. The second kappa shape index (κ2) is 8.29. The summed E-state index contributed by atoms with van der Waals surface area (Å²) in [6.07, 6.45) is 0. The Bertz CT molecular complexity index is 677. The Hall–Kier alpha value is -1.62. The average molecular weight is 356 g/mol. The lowest BCUT2D eigenvalue weighted by Gasteiger charge is -2.16. The highest BCUT2D eigenvalue weighted by atomic mass is 35.5. The fraction of sp³-hybridized carbons (Fsp3) is 0.294. The Morgan fingerprint density at radius 1 is 0.826 bits per heavy atom. The van der Waals surface area contributed by atoms with Gasteiger partial charge in [-0.15, -0.1) is 0 Å². The van der Waals surface area contributed by atoms with Crippen molar-refractivity contribution in [2.75, 3.05) is 21.3 Å². The highest BCUT2D eigenvalue weighted by Gasteiger charge is 2.15. The summed E-state index contributed by atoms with van der Waals surface area (Å²) in [7, 11) is 4.79. The van der Waals surface area contributed by atoms with E-state index < -0.39 is 0 Å². The van der Waals surface area contributed by atoms with Crippen LogP contribution in [0.2, 0.25) is 10.0 Å². The molecule has 0 radical (unpaired) electrons. The van der Waals surface area contributed by atoms with Crippen LogP contribution in [0.3, 0.4) is 0 Å². The summed E-state index contributed by atoms with van der Waals surface area (Å²) >= 11 is 12.1. The van der Waals surface area contributed by atoms with Gasteiger partial charge in [-0.25, -0.2) is 0 Å². The lowest BCUT2D eigenvalue weighted by atomic mass is 10.1. The Balaban J connectivity index is 2.11. The molecule has 2 aromatic carbocycles. The maximum atomic E-state index is 6.17. The number of methoxy groups -OCH3 is 3. The van der Waals surface area contributed by atoms with Crippen molar-refractivity contribution >= 4 is 23.2 Å². The first kappa shape index (κ1) is 17.7. The van der Waals surface area contributed by atoms with Crippen LogP contribution in [0.15, 0.2) is 30.3 Å². The van der Waals surface area contributed by atoms with Crippen LogP contribution < -0.4 is 19.5 Å². The van der Waals surface area contributed by atoms with Gasteiger partial charge in [-0.2, -0.15) is 0 Å². The molecule has 0 fully saturated rings. The molecule has 0 atom stereocenters. The molecular weight excluding hydrogens is 337 g/mol. The van der Waals surface area contributed by atoms with Crippen LogP contribution in [0.1, 0.15) is 11.1 Å². The summed E-state index contributed by atoms with van der Waals surface area (Å²) in [6.45, 7) is 1.22. The van der Waals surface area contributed by atoms with Crippen molar-refractivity contribution in [2.45, 2.75) is 13.1 Å². The van der Waals surface area contributed by atoms with Crippen LogP contribution in [0.25, 0.3) is 0 Å². The molecule has 1 N–H and O–H groups in total. The summed E-state index contributed by atoms with van der Waals surface area (Å²) in [5, 5.41) is 4.61. The molecule has 0 saturated carbocycles. The Morgan fingerprint density at radius 2 is 1.48 bits per heavy atom. The molecule has 2 aromatic rings. The molecule has 0 bridgehead atoms. The van der Waals surface area contributed by atoms with Gasteiger partial charge in [0.1, 0.15) is 0 Å². The average Bonchev–Trinajstić information content (AvgIpc) is 2.55. The van der Waals surface area contributed by atoms with Crippen LogP contribution in [-0.4, -0.2) is 21.3 Å². The van der Waals surface area contributed by atoms with Gasteiger partial charge >= 0.3 is 0 Å². The molecule has 2 rings (SSSR count). The molecule has 0 unspecified atom stereocenters. The van der Waals surface area contributed by atoms with Gasteiger partial charge in [0, 0.05) is 28.7 Å². The predicted molar refractivity (Wildman–Crippen MR) is 93.1 cm³/mol. The number of hydrogen-bond donors (Lipinski definition) is 1. The van der Waals surface area contributed by atoms with E-state index >= 15 is 0 Å². The van der Waals surface area contributed by atoms with Crippen molar-refractivity contribution in [1.82, 2.24) is 5.32 Å². The summed E-state index contributed by atoms with van der Waals surface area (Å²) in [4.78, 5) is 0. The molecule has 0 spiro atoms. The third kappa shape index (κ3) is 4.22. The summed E-state index contributed by atoms with van der Waals surface area (Å²) < 4.78 is 16.1. The van der Waals surface area contributed by atoms with E-state index in [1.807, 2.05) is 24.3 Å². The first-order valence-electron chi connectivity index (χ1n) is 7.03. The monoisotopic (exact) mass is 355 g/mol. The number of nitrogens with one attached hydrogen (secondary N) is 1. The zero-order valence-corrected chi connectivity index (χ0v) is 14.8. The van der Waals surface area contributed by atoms with E-state index in [1.165, 1.54) is 0 Å². The minimum atomic E-state index is 0.582. The van der Waals surface area contributed by atoms with Crippen LogP contribution in [-0.2, 0) is 13.1 Å². The SMILES string of the molecule is COc1ccc(CNCc2ccc(Cl)cc2Cl)c(OC)c1OC. The van der Waals surface area contributed by atoms with Gasteiger partial charge in [-0.3, -0.25) is 0 Å². The first-order chi connectivity index (χ1) is 11.1. The lowest BCUT2D eigenvalue weighted by Crippen LogP contribution is -2.14. The van der Waals surface area contributed by atoms with Gasteiger partial charge in [0.05, 0.1) is 21.3 Å². The minimum absolute atomic E-state index is 0.582. The van der Waals surface area contributed by atoms with Crippen molar-refractivity contribution < 1.29 is 14.2 Å². The van der Waals surface area contributed by atoms with Crippen molar-refractivity contribution in [2.24, 2.45) is 0 Å². The molecule has 0 heterocycles. The van der Waals surface area contributed by atoms with Crippen LogP contribution >= 0.6 is 23.2 Å². The number of hydrogen-bond acceptors (Lipinski definition) is 4. The Kier molecular flexibility index (Phi) is 6.39. The number of halogens is 2. The van der Waals surface area contributed by atoms with E-state index in [0.717, 1.165) is 11.1 Å². The van der Waals surface area contributed by atoms with E-state index in [4.69, 9.17) is 37.4 Å². The van der Waals surface area contributed by atoms with Gasteiger partial charge in [-0.1, -0.05) is 35.3 Å². The molecule has 0 aliphatic carbocycles. The second-order valence-corrected chi connectivity index (χ2v) is 5.68. The normalized spacial score (nSPS) is 10.5. The zero-order valence-electron chi connectivity index (χ0n) is 13.3. The Morgan fingerprint density at radius 3 is 2.09 bits per heavy atom. The molecule has 0 aliphatic rings. The Labute approximate surface area is 146 Å². The minimum Gasteiger partial charge on any atom is -0.493 e. The zero-order chi connectivity index (χ0) is 16.8. The summed E-state index contributed by atoms with van der Waals surface area (Å²) in [5.41, 5.74) is 1.95. The topological polar surface area (TPSA) is 39.7 Å². The van der Waals surface area contributed by atoms with Gasteiger partial charge in [0.2, 0.25) is 5.75 Å². The molecule has 0 aromatic heterocycles. The second-order valence-electron chi connectivity index (χ2n) is 4.83. The molecule has 6 heteroatoms. The lowest BCUT2D eigenvalue weighted by molar-refractivity contribution is 0.321. The van der Waals surface area contributed by atoms with E-state index in [-0.39, 0.29) is 0 Å². The van der Waals surface area contributed by atoms with E-state index in [0.29, 0.717) is 40.4 Å². The predicted octanol–water partition coefficient (Wildman–Crippen LogP) is 4.31. The smallest absolute Gasteiger partial charge is 0.203 e. The van der Waals surface area contributed by atoms with E-state index in [9.17, 15) is 0 Å². The van der Waals surface area contributed by atoms with Crippen molar-refractivity contribution in [1.29, 1.82) is 0 Å². The highest BCUT2D eigenvalue weighted by Crippen LogP contribution is 2.39. The maximum absolute atomic E-state index is 6.17. The fourth-order valence-corrected chi connectivity index (χ4v) is 2.77. The van der Waals surface area contributed by atoms with Gasteiger partial charge in [-0.05, 0) is 23.8 Å². The van der Waals surface area contributed by atoms with Crippen LogP contribution in [0.4, 0.5) is 0 Å². The third-order valence-corrected chi connectivity index (χ3v) is 4.02. The molecule has 4 nitrogen and oxygen atoms in total. The quantitative estimate of drug-likeness (QED) is 0.803. The fourth-order valence-electron chi connectivity index (χ4n) is 2.30. The molecule has 0 amide bonds. The van der Waals surface area contributed by atoms with Crippen molar-refractivity contribution in [3.63, 3.8) is 0 Å². The first-order valence-corrected chi connectivity index (χ1v) is 7.78. The standard InChI is InChI=1S/C17H19Cl2NO3/c1-21-15-7-5-12(16(22-2)17(15)23-3)10-20-9-11-4-6-13(18)8-14(11)19/h4-8,20H,9-10H2,1-3H3. The highest BCUT2D eigenvalue weighted by molar-refractivity contribution is 6.35. The number of ether oxygens (including phenoxy) is 3. The van der Waals surface area contributed by atoms with Gasteiger partial charge in [0.15, 0.2) is 11.5 Å². The van der Waals surface area contributed by atoms with E-state index in [1.54, 1.807) is 27.4 Å². The molecule has 124 valence electrons. The third-order valence-electron chi connectivity index (χ3n) is 3.43. The van der Waals surface area contributed by atoms with Crippen molar-refractivity contribution in [3.05, 3.63) is 51.5 Å². The van der Waals surface area contributed by atoms with Crippen LogP contribution in [0, 0.1) is 0 Å². The van der Waals surface area contributed by atoms with Crippen LogP contribution in [0.5, 0.6) is 17.2 Å². The summed E-state index contributed by atoms with van der Waals surface area (Å²) in [5.74, 6) is 1.87. The van der Waals surface area contributed by atoms with E-state index in [2.05, 4.69) is 5.32 Å². The number of benzene rings is 2.